The van der Waals surface area contributed by atoms with E-state index in [1.165, 1.54) is 0 Å². The lowest BCUT2D eigenvalue weighted by molar-refractivity contribution is 0.262. The molecule has 0 radical (unpaired) electrons. The highest BCUT2D eigenvalue weighted by molar-refractivity contribution is 9.10. The molecule has 0 bridgehead atoms. The fourth-order valence-corrected chi connectivity index (χ4v) is 2.12. The fraction of sp³-hybridized carbons (Fsp3) is 0.0714. The second kappa shape index (κ2) is 6.08. The summed E-state index contributed by atoms with van der Waals surface area (Å²) < 4.78 is 0.833. The molecule has 2 N–H and O–H groups in total. The van der Waals surface area contributed by atoms with Gasteiger partial charge in [-0.15, -0.1) is 0 Å². The molecule has 2 amide bonds. The summed E-state index contributed by atoms with van der Waals surface area (Å²) in [5, 5.41) is 6.08. The van der Waals surface area contributed by atoms with Crippen LogP contribution >= 0.6 is 27.5 Å². The number of hydrogen-bond donors (Lipinski definition) is 2. The first-order valence-corrected chi connectivity index (χ1v) is 6.81. The fourth-order valence-electron chi connectivity index (χ4n) is 1.59. The van der Waals surface area contributed by atoms with Crippen molar-refractivity contribution < 1.29 is 4.79 Å². The Morgan fingerprint density at radius 1 is 1.16 bits per heavy atom. The molecule has 0 aliphatic carbocycles. The van der Waals surface area contributed by atoms with Crippen LogP contribution in [0.15, 0.2) is 46.9 Å². The van der Waals surface area contributed by atoms with Crippen LogP contribution in [0.1, 0.15) is 5.56 Å². The molecular formula is C14H12BrClN2O. The largest absolute Gasteiger partial charge is 0.323 e. The van der Waals surface area contributed by atoms with Gasteiger partial charge in [0.05, 0.1) is 5.69 Å². The van der Waals surface area contributed by atoms with Crippen molar-refractivity contribution in [2.45, 2.75) is 6.92 Å². The molecule has 19 heavy (non-hydrogen) atoms. The van der Waals surface area contributed by atoms with E-state index >= 15 is 0 Å². The molecule has 5 heteroatoms. The Hall–Kier alpha value is -1.52. The Bertz CT molecular complexity index is 616. The number of hydrogen-bond acceptors (Lipinski definition) is 1. The zero-order valence-electron chi connectivity index (χ0n) is 10.2. The van der Waals surface area contributed by atoms with Crippen molar-refractivity contribution in [3.8, 4) is 0 Å². The van der Waals surface area contributed by atoms with Crippen molar-refractivity contribution in [2.75, 3.05) is 10.6 Å². The SMILES string of the molecule is Cc1ccc(Br)c(NC(=O)Nc2cccc(Cl)c2)c1. The Morgan fingerprint density at radius 2 is 1.95 bits per heavy atom. The molecule has 2 aromatic carbocycles. The molecule has 0 aliphatic heterocycles. The summed E-state index contributed by atoms with van der Waals surface area (Å²) in [5.41, 5.74) is 2.44. The lowest BCUT2D eigenvalue weighted by Gasteiger charge is -2.10. The van der Waals surface area contributed by atoms with E-state index in [0.29, 0.717) is 10.7 Å². The van der Waals surface area contributed by atoms with E-state index in [4.69, 9.17) is 11.6 Å². The highest BCUT2D eigenvalue weighted by Crippen LogP contribution is 2.23. The number of urea groups is 1. The number of anilines is 2. The summed E-state index contributed by atoms with van der Waals surface area (Å²) in [6, 6.07) is 12.4. The Labute approximate surface area is 125 Å². The topological polar surface area (TPSA) is 41.1 Å². The third kappa shape index (κ3) is 3.98. The standard InChI is InChI=1S/C14H12BrClN2O/c1-9-5-6-12(15)13(7-9)18-14(19)17-11-4-2-3-10(16)8-11/h2-8H,1H3,(H2,17,18,19). The van der Waals surface area contributed by atoms with Crippen LogP contribution in [0.5, 0.6) is 0 Å². The highest BCUT2D eigenvalue weighted by Gasteiger charge is 2.06. The molecule has 0 saturated carbocycles. The average molecular weight is 340 g/mol. The summed E-state index contributed by atoms with van der Waals surface area (Å²) in [4.78, 5) is 11.9. The van der Waals surface area contributed by atoms with Crippen molar-refractivity contribution >= 4 is 44.9 Å². The van der Waals surface area contributed by atoms with Gasteiger partial charge < -0.3 is 10.6 Å². The highest BCUT2D eigenvalue weighted by atomic mass is 79.9. The van der Waals surface area contributed by atoms with E-state index in [0.717, 1.165) is 15.7 Å². The molecule has 0 atom stereocenters. The summed E-state index contributed by atoms with van der Waals surface area (Å²) in [6.07, 6.45) is 0. The molecule has 3 nitrogen and oxygen atoms in total. The third-order valence-corrected chi connectivity index (χ3v) is 3.38. The van der Waals surface area contributed by atoms with Crippen LogP contribution in [0.25, 0.3) is 0 Å². The zero-order valence-corrected chi connectivity index (χ0v) is 12.5. The minimum absolute atomic E-state index is 0.312. The van der Waals surface area contributed by atoms with E-state index in [1.807, 2.05) is 25.1 Å². The summed E-state index contributed by atoms with van der Waals surface area (Å²) in [7, 11) is 0. The van der Waals surface area contributed by atoms with Gasteiger partial charge in [0, 0.05) is 15.2 Å². The summed E-state index contributed by atoms with van der Waals surface area (Å²) >= 11 is 9.25. The predicted octanol–water partition coefficient (Wildman–Crippen LogP) is 5.05. The average Bonchev–Trinajstić information content (AvgIpc) is 2.34. The molecule has 0 fully saturated rings. The van der Waals surface area contributed by atoms with Gasteiger partial charge in [0.1, 0.15) is 0 Å². The number of halogens is 2. The van der Waals surface area contributed by atoms with Crippen LogP contribution in [0.3, 0.4) is 0 Å². The maximum absolute atomic E-state index is 11.9. The number of amides is 2. The second-order valence-corrected chi connectivity index (χ2v) is 5.36. The number of benzene rings is 2. The molecule has 0 aliphatic rings. The molecule has 2 aromatic rings. The number of nitrogens with one attached hydrogen (secondary N) is 2. The normalized spacial score (nSPS) is 10.1. The lowest BCUT2D eigenvalue weighted by Crippen LogP contribution is -2.19. The van der Waals surface area contributed by atoms with Crippen molar-refractivity contribution in [3.05, 3.63) is 57.5 Å². The molecule has 0 spiro atoms. The van der Waals surface area contributed by atoms with Gasteiger partial charge >= 0.3 is 6.03 Å². The number of carbonyl (C=O) groups is 1. The van der Waals surface area contributed by atoms with Crippen molar-refractivity contribution in [3.63, 3.8) is 0 Å². The maximum atomic E-state index is 11.9. The molecule has 0 heterocycles. The first-order chi connectivity index (χ1) is 9.04. The van der Waals surface area contributed by atoms with Gasteiger partial charge in [-0.25, -0.2) is 4.79 Å². The number of carbonyl (C=O) groups excluding carboxylic acids is 1. The van der Waals surface area contributed by atoms with E-state index < -0.39 is 0 Å². The van der Waals surface area contributed by atoms with Crippen LogP contribution < -0.4 is 10.6 Å². The van der Waals surface area contributed by atoms with Gasteiger partial charge in [0.25, 0.3) is 0 Å². The first kappa shape index (κ1) is 13.9. The van der Waals surface area contributed by atoms with Crippen LogP contribution in [-0.2, 0) is 0 Å². The van der Waals surface area contributed by atoms with Crippen LogP contribution in [0.4, 0.5) is 16.2 Å². The van der Waals surface area contributed by atoms with Crippen LogP contribution in [0.2, 0.25) is 5.02 Å². The monoisotopic (exact) mass is 338 g/mol. The van der Waals surface area contributed by atoms with Crippen molar-refractivity contribution in [2.24, 2.45) is 0 Å². The zero-order chi connectivity index (χ0) is 13.8. The molecule has 2 rings (SSSR count). The Balaban J connectivity index is 2.07. The third-order valence-electron chi connectivity index (χ3n) is 2.45. The minimum atomic E-state index is -0.312. The van der Waals surface area contributed by atoms with Crippen LogP contribution in [-0.4, -0.2) is 6.03 Å². The van der Waals surface area contributed by atoms with Crippen molar-refractivity contribution in [1.29, 1.82) is 0 Å². The molecule has 0 unspecified atom stereocenters. The van der Waals surface area contributed by atoms with Gasteiger partial charge in [-0.3, -0.25) is 0 Å². The lowest BCUT2D eigenvalue weighted by atomic mass is 10.2. The molecular weight excluding hydrogens is 328 g/mol. The van der Waals surface area contributed by atoms with Gasteiger partial charge in [-0.1, -0.05) is 23.7 Å². The van der Waals surface area contributed by atoms with Gasteiger partial charge in [0.2, 0.25) is 0 Å². The smallest absolute Gasteiger partial charge is 0.308 e. The first-order valence-electron chi connectivity index (χ1n) is 5.64. The van der Waals surface area contributed by atoms with E-state index in [9.17, 15) is 4.79 Å². The Morgan fingerprint density at radius 3 is 2.68 bits per heavy atom. The summed E-state index contributed by atoms with van der Waals surface area (Å²) in [6.45, 7) is 1.96. The number of aryl methyl sites for hydroxylation is 1. The molecule has 0 saturated heterocycles. The Kier molecular flexibility index (Phi) is 4.45. The van der Waals surface area contributed by atoms with Crippen molar-refractivity contribution in [1.82, 2.24) is 0 Å². The molecule has 0 aromatic heterocycles. The van der Waals surface area contributed by atoms with Gasteiger partial charge in [0.15, 0.2) is 0 Å². The quantitative estimate of drug-likeness (QED) is 0.789. The van der Waals surface area contributed by atoms with E-state index in [2.05, 4.69) is 26.6 Å². The predicted molar refractivity (Wildman–Crippen MR) is 83.0 cm³/mol. The number of rotatable bonds is 2. The maximum Gasteiger partial charge on any atom is 0.323 e. The van der Waals surface area contributed by atoms with E-state index in [1.54, 1.807) is 24.3 Å². The van der Waals surface area contributed by atoms with Crippen LogP contribution in [0, 0.1) is 6.92 Å². The minimum Gasteiger partial charge on any atom is -0.308 e. The summed E-state index contributed by atoms with van der Waals surface area (Å²) in [5.74, 6) is 0. The second-order valence-electron chi connectivity index (χ2n) is 4.07. The molecule has 98 valence electrons. The van der Waals surface area contributed by atoms with Gasteiger partial charge in [-0.2, -0.15) is 0 Å². The van der Waals surface area contributed by atoms with E-state index in [-0.39, 0.29) is 6.03 Å². The van der Waals surface area contributed by atoms with Gasteiger partial charge in [-0.05, 0) is 58.7 Å².